The molecule has 0 amide bonds. The molecule has 4 unspecified atom stereocenters. The van der Waals surface area contributed by atoms with Gasteiger partial charge in [-0.05, 0) is 61.2 Å². The molecule has 0 spiro atoms. The van der Waals surface area contributed by atoms with Crippen molar-refractivity contribution in [3.8, 4) is 0 Å². The largest absolute Gasteiger partial charge is 0.0651 e. The van der Waals surface area contributed by atoms with Crippen molar-refractivity contribution in [2.24, 2.45) is 35.5 Å². The van der Waals surface area contributed by atoms with Gasteiger partial charge in [-0.1, -0.05) is 82.1 Å². The first-order chi connectivity index (χ1) is 10.1. The van der Waals surface area contributed by atoms with Crippen molar-refractivity contribution >= 4 is 0 Å². The van der Waals surface area contributed by atoms with Crippen LogP contribution in [0.2, 0.25) is 0 Å². The molecule has 0 heteroatoms. The average molecular weight is 313 g/mol. The summed E-state index contributed by atoms with van der Waals surface area (Å²) in [4.78, 5) is 0. The smallest absolute Gasteiger partial charge is 0.0438 e. The highest BCUT2D eigenvalue weighted by Gasteiger charge is 2.09. The van der Waals surface area contributed by atoms with E-state index in [1.54, 1.807) is 0 Å². The first-order valence-corrected chi connectivity index (χ1v) is 10.1. The summed E-state index contributed by atoms with van der Waals surface area (Å²) in [5, 5.41) is 0. The summed E-state index contributed by atoms with van der Waals surface area (Å²) in [6.45, 7) is 23.3. The second-order valence-corrected chi connectivity index (χ2v) is 8.97. The van der Waals surface area contributed by atoms with Crippen LogP contribution in [0.5, 0.6) is 0 Å². The zero-order valence-electron chi connectivity index (χ0n) is 17.7. The Balaban J connectivity index is 0. The van der Waals surface area contributed by atoms with Gasteiger partial charge in [0.2, 0.25) is 0 Å². The summed E-state index contributed by atoms with van der Waals surface area (Å²) >= 11 is 0. The van der Waals surface area contributed by atoms with Crippen molar-refractivity contribution in [3.05, 3.63) is 0 Å². The SMILES string of the molecule is CCC(C)CC(C)CC(C)C.CCC(C)CC(C)CC(C)C. The molecule has 0 aromatic rings. The molecule has 0 aromatic carbocycles. The van der Waals surface area contributed by atoms with Crippen LogP contribution in [0, 0.1) is 35.5 Å². The molecule has 0 aliphatic carbocycles. The fourth-order valence-electron chi connectivity index (χ4n) is 3.51. The maximum atomic E-state index is 2.38. The third kappa shape index (κ3) is 18.1. The second-order valence-electron chi connectivity index (χ2n) is 8.97. The van der Waals surface area contributed by atoms with Gasteiger partial charge in [0.1, 0.15) is 0 Å². The highest BCUT2D eigenvalue weighted by atomic mass is 14.1. The summed E-state index contributed by atoms with van der Waals surface area (Å²) in [6, 6.07) is 0. The van der Waals surface area contributed by atoms with Gasteiger partial charge in [-0.15, -0.1) is 0 Å². The minimum atomic E-state index is 0.869. The van der Waals surface area contributed by atoms with Crippen LogP contribution in [-0.2, 0) is 0 Å². The number of rotatable bonds is 10. The topological polar surface area (TPSA) is 0 Å². The Kier molecular flexibility index (Phi) is 16.1. The molecule has 22 heavy (non-hydrogen) atoms. The summed E-state index contributed by atoms with van der Waals surface area (Å²) in [6.07, 6.45) is 8.28. The molecular formula is C22H48. The molecule has 0 aromatic heterocycles. The van der Waals surface area contributed by atoms with Gasteiger partial charge in [-0.25, -0.2) is 0 Å². The predicted octanol–water partition coefficient (Wildman–Crippen LogP) is 8.21. The van der Waals surface area contributed by atoms with E-state index in [9.17, 15) is 0 Å². The molecule has 0 saturated carbocycles. The Labute approximate surface area is 143 Å². The summed E-state index contributed by atoms with van der Waals surface area (Å²) in [7, 11) is 0. The van der Waals surface area contributed by atoms with Gasteiger partial charge >= 0.3 is 0 Å². The van der Waals surface area contributed by atoms with Gasteiger partial charge in [0, 0.05) is 0 Å². The van der Waals surface area contributed by atoms with Crippen molar-refractivity contribution < 1.29 is 0 Å². The van der Waals surface area contributed by atoms with Crippen LogP contribution in [-0.4, -0.2) is 0 Å². The van der Waals surface area contributed by atoms with Crippen molar-refractivity contribution in [1.82, 2.24) is 0 Å². The Bertz CT molecular complexity index is 192. The van der Waals surface area contributed by atoms with Crippen LogP contribution >= 0.6 is 0 Å². The summed E-state index contributed by atoms with van der Waals surface area (Å²) in [5.41, 5.74) is 0. The van der Waals surface area contributed by atoms with E-state index in [0.717, 1.165) is 35.5 Å². The van der Waals surface area contributed by atoms with Crippen LogP contribution in [0.15, 0.2) is 0 Å². The lowest BCUT2D eigenvalue weighted by Gasteiger charge is -2.17. The van der Waals surface area contributed by atoms with Gasteiger partial charge < -0.3 is 0 Å². The molecule has 0 nitrogen and oxygen atoms in total. The van der Waals surface area contributed by atoms with Crippen LogP contribution in [0.25, 0.3) is 0 Å². The van der Waals surface area contributed by atoms with Crippen LogP contribution < -0.4 is 0 Å². The Morgan fingerprint density at radius 1 is 0.409 bits per heavy atom. The first kappa shape index (κ1) is 24.3. The number of hydrogen-bond donors (Lipinski definition) is 0. The molecule has 0 aliphatic heterocycles. The Hall–Kier alpha value is 0. The molecule has 0 rings (SSSR count). The summed E-state index contributed by atoms with van der Waals surface area (Å²) in [5.74, 6) is 5.42. The van der Waals surface area contributed by atoms with Crippen molar-refractivity contribution in [2.75, 3.05) is 0 Å². The van der Waals surface area contributed by atoms with Crippen LogP contribution in [0.3, 0.4) is 0 Å². The lowest BCUT2D eigenvalue weighted by Crippen LogP contribution is -2.05. The lowest BCUT2D eigenvalue weighted by atomic mass is 9.89. The van der Waals surface area contributed by atoms with E-state index < -0.39 is 0 Å². The maximum absolute atomic E-state index is 2.38. The minimum Gasteiger partial charge on any atom is -0.0651 e. The number of hydrogen-bond acceptors (Lipinski definition) is 0. The zero-order chi connectivity index (χ0) is 17.7. The molecule has 0 bridgehead atoms. The van der Waals surface area contributed by atoms with Gasteiger partial charge in [0.15, 0.2) is 0 Å². The maximum Gasteiger partial charge on any atom is -0.0438 e. The molecular weight excluding hydrogens is 264 g/mol. The fourth-order valence-corrected chi connectivity index (χ4v) is 3.51. The second kappa shape index (κ2) is 14.6. The Morgan fingerprint density at radius 2 is 0.682 bits per heavy atom. The van der Waals surface area contributed by atoms with Gasteiger partial charge in [-0.3, -0.25) is 0 Å². The van der Waals surface area contributed by atoms with Gasteiger partial charge in [0.25, 0.3) is 0 Å². The third-order valence-corrected chi connectivity index (χ3v) is 4.75. The van der Waals surface area contributed by atoms with Crippen molar-refractivity contribution in [1.29, 1.82) is 0 Å². The monoisotopic (exact) mass is 312 g/mol. The molecule has 0 fully saturated rings. The first-order valence-electron chi connectivity index (χ1n) is 10.1. The molecule has 0 heterocycles. The molecule has 0 radical (unpaired) electrons. The van der Waals surface area contributed by atoms with Crippen molar-refractivity contribution in [3.63, 3.8) is 0 Å². The normalized spacial score (nSPS) is 16.9. The molecule has 0 saturated heterocycles. The molecule has 4 atom stereocenters. The predicted molar refractivity (Wildman–Crippen MR) is 105 cm³/mol. The van der Waals surface area contributed by atoms with E-state index in [-0.39, 0.29) is 0 Å². The van der Waals surface area contributed by atoms with Gasteiger partial charge in [0.05, 0.1) is 0 Å². The van der Waals surface area contributed by atoms with Crippen LogP contribution in [0.1, 0.15) is 108 Å². The standard InChI is InChI=1S/2C11H24/c2*1-6-10(4)8-11(5)7-9(2)3/h2*9-11H,6-8H2,1-5H3. The van der Waals surface area contributed by atoms with Crippen molar-refractivity contribution in [2.45, 2.75) is 108 Å². The zero-order valence-corrected chi connectivity index (χ0v) is 17.7. The third-order valence-electron chi connectivity index (χ3n) is 4.75. The van der Waals surface area contributed by atoms with E-state index in [1.807, 2.05) is 0 Å². The summed E-state index contributed by atoms with van der Waals surface area (Å²) < 4.78 is 0. The minimum absolute atomic E-state index is 0.869. The van der Waals surface area contributed by atoms with E-state index >= 15 is 0 Å². The van der Waals surface area contributed by atoms with E-state index in [4.69, 9.17) is 0 Å². The quantitative estimate of drug-likeness (QED) is 0.381. The highest BCUT2D eigenvalue weighted by Crippen LogP contribution is 2.21. The molecule has 0 aliphatic rings. The Morgan fingerprint density at radius 3 is 0.864 bits per heavy atom. The lowest BCUT2D eigenvalue weighted by molar-refractivity contribution is 0.349. The highest BCUT2D eigenvalue weighted by molar-refractivity contribution is 4.61. The fraction of sp³-hybridized carbons (Fsp3) is 1.00. The molecule has 0 N–H and O–H groups in total. The van der Waals surface area contributed by atoms with E-state index in [2.05, 4.69) is 69.2 Å². The molecule has 136 valence electrons. The van der Waals surface area contributed by atoms with Crippen LogP contribution in [0.4, 0.5) is 0 Å². The van der Waals surface area contributed by atoms with E-state index in [0.29, 0.717) is 0 Å². The van der Waals surface area contributed by atoms with Gasteiger partial charge in [-0.2, -0.15) is 0 Å². The average Bonchev–Trinajstić information content (AvgIpc) is 2.36. The van der Waals surface area contributed by atoms with E-state index in [1.165, 1.54) is 38.5 Å².